The fraction of sp³-hybridized carbons (Fsp3) is 0. The number of rotatable bonds is 5. The molecule has 0 unspecified atom stereocenters. The first kappa shape index (κ1) is 30.4. The Labute approximate surface area is 312 Å². The molecule has 0 saturated heterocycles. The van der Waals surface area contributed by atoms with Crippen LogP contribution >= 0.6 is 0 Å². The monoisotopic (exact) mass is 687 g/mol. The minimum absolute atomic E-state index is 0.948. The summed E-state index contributed by atoms with van der Waals surface area (Å²) in [4.78, 5) is 5.32. The van der Waals surface area contributed by atoms with Crippen LogP contribution in [-0.4, -0.2) is 14.1 Å². The third kappa shape index (κ3) is 4.72. The van der Waals surface area contributed by atoms with Gasteiger partial charge in [-0.25, -0.2) is 4.98 Å². The normalized spacial score (nSPS) is 11.7. The van der Waals surface area contributed by atoms with Crippen molar-refractivity contribution in [2.75, 3.05) is 0 Å². The Morgan fingerprint density at radius 1 is 0.315 bits per heavy atom. The standard InChI is InChI=1S/C51H33N3/c1-3-17-35(18-4-1)45-30-36(31-46(52-45)40-26-15-19-34-16-7-8-22-38(34)40)39-23-9-12-27-47(39)54-49-29-14-11-25-42(49)44-32-50-43(33-51(44)54)41-24-10-13-28-48(41)53(50)37-20-5-2-6-21-37/h1-33H. The van der Waals surface area contributed by atoms with Crippen LogP contribution < -0.4 is 0 Å². The number of nitrogens with zero attached hydrogens (tertiary/aromatic N) is 3. The van der Waals surface area contributed by atoms with E-state index in [0.717, 1.165) is 45.0 Å². The Bertz CT molecular complexity index is 3200. The van der Waals surface area contributed by atoms with E-state index in [-0.39, 0.29) is 0 Å². The van der Waals surface area contributed by atoms with Gasteiger partial charge in [0.25, 0.3) is 0 Å². The Kier molecular flexibility index (Phi) is 6.86. The second kappa shape index (κ2) is 12.2. The van der Waals surface area contributed by atoms with E-state index in [9.17, 15) is 0 Å². The van der Waals surface area contributed by atoms with Crippen molar-refractivity contribution in [2.45, 2.75) is 0 Å². The number of pyridine rings is 1. The smallest absolute Gasteiger partial charge is 0.0721 e. The summed E-state index contributed by atoms with van der Waals surface area (Å²) in [7, 11) is 0. The molecule has 0 spiro atoms. The molecule has 252 valence electrons. The zero-order valence-corrected chi connectivity index (χ0v) is 29.4. The van der Waals surface area contributed by atoms with E-state index in [0.29, 0.717) is 0 Å². The number of benzene rings is 8. The quantitative estimate of drug-likeness (QED) is 0.177. The van der Waals surface area contributed by atoms with Gasteiger partial charge >= 0.3 is 0 Å². The van der Waals surface area contributed by atoms with Gasteiger partial charge in [0.1, 0.15) is 0 Å². The van der Waals surface area contributed by atoms with E-state index in [1.165, 1.54) is 54.4 Å². The second-order valence-electron chi connectivity index (χ2n) is 14.0. The molecule has 11 rings (SSSR count). The molecule has 54 heavy (non-hydrogen) atoms. The zero-order chi connectivity index (χ0) is 35.6. The van der Waals surface area contributed by atoms with E-state index in [1.54, 1.807) is 0 Å². The molecule has 3 nitrogen and oxygen atoms in total. The van der Waals surface area contributed by atoms with E-state index >= 15 is 0 Å². The molecule has 0 aliphatic heterocycles. The number of aromatic nitrogens is 3. The fourth-order valence-electron chi connectivity index (χ4n) is 8.49. The summed E-state index contributed by atoms with van der Waals surface area (Å²) in [6.07, 6.45) is 0. The Morgan fingerprint density at radius 2 is 0.852 bits per heavy atom. The van der Waals surface area contributed by atoms with Crippen LogP contribution in [0.5, 0.6) is 0 Å². The van der Waals surface area contributed by atoms with Crippen molar-refractivity contribution in [1.82, 2.24) is 14.1 Å². The lowest BCUT2D eigenvalue weighted by Gasteiger charge is -2.16. The van der Waals surface area contributed by atoms with Gasteiger partial charge in [-0.2, -0.15) is 0 Å². The zero-order valence-electron chi connectivity index (χ0n) is 29.4. The van der Waals surface area contributed by atoms with Crippen LogP contribution in [0.15, 0.2) is 200 Å². The number of hydrogen-bond donors (Lipinski definition) is 0. The van der Waals surface area contributed by atoms with Gasteiger partial charge in [-0.3, -0.25) is 0 Å². The maximum Gasteiger partial charge on any atom is 0.0721 e. The van der Waals surface area contributed by atoms with Gasteiger partial charge in [0.15, 0.2) is 0 Å². The van der Waals surface area contributed by atoms with Gasteiger partial charge in [0.2, 0.25) is 0 Å². The van der Waals surface area contributed by atoms with Gasteiger partial charge in [-0.1, -0.05) is 146 Å². The Morgan fingerprint density at radius 3 is 1.61 bits per heavy atom. The molecule has 8 aromatic carbocycles. The van der Waals surface area contributed by atoms with Crippen molar-refractivity contribution in [2.24, 2.45) is 0 Å². The SMILES string of the molecule is c1ccc(-c2cc(-c3ccccc3-n3c4ccccc4c4cc5c(cc43)c3ccccc3n5-c3ccccc3)cc(-c3cccc4ccccc34)n2)cc1. The molecular weight excluding hydrogens is 655 g/mol. The maximum absolute atomic E-state index is 5.32. The summed E-state index contributed by atoms with van der Waals surface area (Å²) < 4.78 is 4.87. The molecule has 0 N–H and O–H groups in total. The molecule has 0 amide bonds. The number of para-hydroxylation sites is 4. The molecule has 0 aliphatic carbocycles. The third-order valence-corrected chi connectivity index (χ3v) is 10.9. The molecule has 0 radical (unpaired) electrons. The van der Waals surface area contributed by atoms with E-state index in [4.69, 9.17) is 4.98 Å². The van der Waals surface area contributed by atoms with Crippen LogP contribution in [-0.2, 0) is 0 Å². The van der Waals surface area contributed by atoms with Gasteiger partial charge < -0.3 is 9.13 Å². The highest BCUT2D eigenvalue weighted by Crippen LogP contribution is 2.42. The van der Waals surface area contributed by atoms with Gasteiger partial charge in [-0.05, 0) is 70.9 Å². The summed E-state index contributed by atoms with van der Waals surface area (Å²) in [6, 6.07) is 72.1. The Balaban J connectivity index is 1.20. The van der Waals surface area contributed by atoms with Crippen LogP contribution in [0, 0.1) is 0 Å². The largest absolute Gasteiger partial charge is 0.309 e. The number of hydrogen-bond acceptors (Lipinski definition) is 1. The highest BCUT2D eigenvalue weighted by atomic mass is 15.0. The summed E-state index contributed by atoms with van der Waals surface area (Å²) in [5.74, 6) is 0. The predicted octanol–water partition coefficient (Wildman–Crippen LogP) is 13.4. The van der Waals surface area contributed by atoms with Crippen molar-refractivity contribution in [3.8, 4) is 45.0 Å². The first-order valence-corrected chi connectivity index (χ1v) is 18.5. The highest BCUT2D eigenvalue weighted by molar-refractivity contribution is 6.19. The minimum atomic E-state index is 0.948. The third-order valence-electron chi connectivity index (χ3n) is 10.9. The molecule has 3 aromatic heterocycles. The van der Waals surface area contributed by atoms with Crippen molar-refractivity contribution < 1.29 is 0 Å². The summed E-state index contributed by atoms with van der Waals surface area (Å²) in [6.45, 7) is 0. The van der Waals surface area contributed by atoms with Crippen molar-refractivity contribution >= 4 is 54.4 Å². The van der Waals surface area contributed by atoms with Crippen LogP contribution in [0.1, 0.15) is 0 Å². The first-order chi connectivity index (χ1) is 26.8. The van der Waals surface area contributed by atoms with Gasteiger partial charge in [0.05, 0.1) is 39.1 Å². The second-order valence-corrected chi connectivity index (χ2v) is 14.0. The molecular formula is C51H33N3. The van der Waals surface area contributed by atoms with Crippen LogP contribution in [0.3, 0.4) is 0 Å². The molecule has 0 bridgehead atoms. The number of fused-ring (bicyclic) bond motifs is 7. The van der Waals surface area contributed by atoms with Crippen LogP contribution in [0.25, 0.3) is 99.4 Å². The highest BCUT2D eigenvalue weighted by Gasteiger charge is 2.21. The lowest BCUT2D eigenvalue weighted by molar-refractivity contribution is 1.17. The molecule has 3 heteroatoms. The average Bonchev–Trinajstić information content (AvgIpc) is 3.75. The Hall–Kier alpha value is -7.23. The van der Waals surface area contributed by atoms with E-state index in [2.05, 4.69) is 209 Å². The van der Waals surface area contributed by atoms with Gasteiger partial charge in [-0.15, -0.1) is 0 Å². The molecule has 11 aromatic rings. The lowest BCUT2D eigenvalue weighted by Crippen LogP contribution is -1.98. The molecule has 0 saturated carbocycles. The molecule has 0 atom stereocenters. The molecule has 3 heterocycles. The van der Waals surface area contributed by atoms with E-state index < -0.39 is 0 Å². The average molecular weight is 688 g/mol. The predicted molar refractivity (Wildman–Crippen MR) is 227 cm³/mol. The summed E-state index contributed by atoms with van der Waals surface area (Å²) in [5.41, 5.74) is 13.4. The summed E-state index contributed by atoms with van der Waals surface area (Å²) in [5, 5.41) is 7.32. The van der Waals surface area contributed by atoms with Crippen molar-refractivity contribution in [1.29, 1.82) is 0 Å². The van der Waals surface area contributed by atoms with Crippen LogP contribution in [0.4, 0.5) is 0 Å². The van der Waals surface area contributed by atoms with Crippen molar-refractivity contribution in [3.05, 3.63) is 200 Å². The molecule has 0 aliphatic rings. The lowest BCUT2D eigenvalue weighted by atomic mass is 9.96. The van der Waals surface area contributed by atoms with Crippen LogP contribution in [0.2, 0.25) is 0 Å². The van der Waals surface area contributed by atoms with Gasteiger partial charge in [0, 0.05) is 43.9 Å². The van der Waals surface area contributed by atoms with Crippen molar-refractivity contribution in [3.63, 3.8) is 0 Å². The fourth-order valence-corrected chi connectivity index (χ4v) is 8.49. The maximum atomic E-state index is 5.32. The minimum Gasteiger partial charge on any atom is -0.309 e. The topological polar surface area (TPSA) is 22.8 Å². The molecule has 0 fully saturated rings. The summed E-state index contributed by atoms with van der Waals surface area (Å²) >= 11 is 0. The first-order valence-electron chi connectivity index (χ1n) is 18.5. The van der Waals surface area contributed by atoms with E-state index in [1.807, 2.05) is 0 Å².